The van der Waals surface area contributed by atoms with E-state index in [-0.39, 0.29) is 6.04 Å². The molecule has 2 aromatic rings. The zero-order chi connectivity index (χ0) is 14.7. The Hall–Kier alpha value is -1.20. The van der Waals surface area contributed by atoms with Crippen molar-refractivity contribution in [1.29, 1.82) is 0 Å². The molecule has 21 heavy (non-hydrogen) atoms. The van der Waals surface area contributed by atoms with Gasteiger partial charge in [0.2, 0.25) is 0 Å². The van der Waals surface area contributed by atoms with Crippen LogP contribution in [0.2, 0.25) is 0 Å². The van der Waals surface area contributed by atoms with E-state index in [2.05, 4.69) is 28.7 Å². The Labute approximate surface area is 130 Å². The van der Waals surface area contributed by atoms with Crippen LogP contribution in [0.25, 0.3) is 0 Å². The van der Waals surface area contributed by atoms with E-state index in [0.29, 0.717) is 0 Å². The van der Waals surface area contributed by atoms with Crippen LogP contribution in [0.1, 0.15) is 60.4 Å². The average molecular weight is 304 g/mol. The van der Waals surface area contributed by atoms with Gasteiger partial charge in [-0.2, -0.15) is 0 Å². The van der Waals surface area contributed by atoms with Crippen LogP contribution in [0, 0.1) is 0 Å². The van der Waals surface area contributed by atoms with Gasteiger partial charge >= 0.3 is 0 Å². The monoisotopic (exact) mass is 304 g/mol. The summed E-state index contributed by atoms with van der Waals surface area (Å²) >= 11 is 1.89. The fraction of sp³-hybridized carbons (Fsp3) is 0.625. The fourth-order valence-corrected chi connectivity index (χ4v) is 4.18. The molecule has 0 bridgehead atoms. The zero-order valence-electron chi connectivity index (χ0n) is 12.9. The number of aromatic nitrogens is 3. The zero-order valence-corrected chi connectivity index (χ0v) is 13.7. The van der Waals surface area contributed by atoms with E-state index in [1.54, 1.807) is 0 Å². The summed E-state index contributed by atoms with van der Waals surface area (Å²) in [6.07, 6.45) is 9.83. The SMILES string of the molecule is CCCNC(c1nc2c(s1)CCC2)c1cncn1CCC. The molecule has 0 spiro atoms. The molecule has 0 amide bonds. The number of thiazole rings is 1. The van der Waals surface area contributed by atoms with Crippen molar-refractivity contribution in [2.24, 2.45) is 0 Å². The molecule has 0 aromatic carbocycles. The van der Waals surface area contributed by atoms with Gasteiger partial charge in [-0.05, 0) is 38.6 Å². The maximum atomic E-state index is 4.92. The van der Waals surface area contributed by atoms with E-state index >= 15 is 0 Å². The Morgan fingerprint density at radius 3 is 3.00 bits per heavy atom. The Kier molecular flexibility index (Phi) is 4.70. The van der Waals surface area contributed by atoms with Crippen LogP contribution in [0.5, 0.6) is 0 Å². The molecule has 114 valence electrons. The van der Waals surface area contributed by atoms with Gasteiger partial charge in [-0.25, -0.2) is 9.97 Å². The third-order valence-electron chi connectivity index (χ3n) is 3.96. The van der Waals surface area contributed by atoms with E-state index in [4.69, 9.17) is 4.98 Å². The van der Waals surface area contributed by atoms with Crippen LogP contribution in [0.4, 0.5) is 0 Å². The summed E-state index contributed by atoms with van der Waals surface area (Å²) in [6, 6.07) is 0.189. The van der Waals surface area contributed by atoms with Crippen molar-refractivity contribution in [3.05, 3.63) is 33.8 Å². The predicted molar refractivity (Wildman–Crippen MR) is 86.8 cm³/mol. The van der Waals surface area contributed by atoms with Gasteiger partial charge < -0.3 is 9.88 Å². The second kappa shape index (κ2) is 6.71. The minimum atomic E-state index is 0.189. The third-order valence-corrected chi connectivity index (χ3v) is 5.18. The Morgan fingerprint density at radius 1 is 1.33 bits per heavy atom. The Morgan fingerprint density at radius 2 is 2.24 bits per heavy atom. The Bertz CT molecular complexity index is 565. The number of aryl methyl sites for hydroxylation is 3. The first kappa shape index (κ1) is 14.7. The Balaban J connectivity index is 1.90. The first-order valence-corrected chi connectivity index (χ1v) is 8.87. The molecule has 1 aliphatic carbocycles. The number of nitrogens with zero attached hydrogens (tertiary/aromatic N) is 3. The highest BCUT2D eigenvalue weighted by Gasteiger charge is 2.24. The van der Waals surface area contributed by atoms with Crippen LogP contribution in [0.3, 0.4) is 0 Å². The summed E-state index contributed by atoms with van der Waals surface area (Å²) in [4.78, 5) is 10.8. The molecule has 1 aliphatic rings. The van der Waals surface area contributed by atoms with E-state index in [1.807, 2.05) is 23.9 Å². The summed E-state index contributed by atoms with van der Waals surface area (Å²) in [7, 11) is 0. The first-order valence-electron chi connectivity index (χ1n) is 8.05. The van der Waals surface area contributed by atoms with Crippen molar-refractivity contribution in [3.63, 3.8) is 0 Å². The van der Waals surface area contributed by atoms with Crippen molar-refractivity contribution in [2.45, 2.75) is 58.5 Å². The van der Waals surface area contributed by atoms with E-state index < -0.39 is 0 Å². The molecular formula is C16H24N4S. The summed E-state index contributed by atoms with van der Waals surface area (Å²) < 4.78 is 2.26. The molecule has 4 nitrogen and oxygen atoms in total. The topological polar surface area (TPSA) is 42.7 Å². The molecule has 0 saturated carbocycles. The lowest BCUT2D eigenvalue weighted by molar-refractivity contribution is 0.541. The average Bonchev–Trinajstić information content (AvgIpc) is 3.16. The quantitative estimate of drug-likeness (QED) is 0.853. The molecule has 3 rings (SSSR count). The van der Waals surface area contributed by atoms with Gasteiger partial charge in [-0.15, -0.1) is 11.3 Å². The highest BCUT2D eigenvalue weighted by Crippen LogP contribution is 2.33. The van der Waals surface area contributed by atoms with Gasteiger partial charge in [0.15, 0.2) is 0 Å². The second-order valence-electron chi connectivity index (χ2n) is 5.67. The molecule has 1 N–H and O–H groups in total. The van der Waals surface area contributed by atoms with Gasteiger partial charge in [-0.3, -0.25) is 0 Å². The lowest BCUT2D eigenvalue weighted by Gasteiger charge is -2.18. The van der Waals surface area contributed by atoms with Crippen LogP contribution in [-0.2, 0) is 19.4 Å². The number of imidazole rings is 1. The molecule has 2 aromatic heterocycles. The number of fused-ring (bicyclic) bond motifs is 1. The summed E-state index contributed by atoms with van der Waals surface area (Å²) in [5.74, 6) is 0. The fourth-order valence-electron chi connectivity index (χ4n) is 2.94. The highest BCUT2D eigenvalue weighted by molar-refractivity contribution is 7.11. The van der Waals surface area contributed by atoms with Gasteiger partial charge in [0.1, 0.15) is 11.0 Å². The van der Waals surface area contributed by atoms with Crippen molar-refractivity contribution < 1.29 is 0 Å². The minimum absolute atomic E-state index is 0.189. The third kappa shape index (κ3) is 3.04. The molecule has 0 radical (unpaired) electrons. The molecule has 0 saturated heterocycles. The van der Waals surface area contributed by atoms with Crippen LogP contribution >= 0.6 is 11.3 Å². The summed E-state index contributed by atoms with van der Waals surface area (Å²) in [6.45, 7) is 6.43. The molecule has 2 heterocycles. The van der Waals surface area contributed by atoms with Crippen molar-refractivity contribution in [1.82, 2.24) is 19.9 Å². The maximum absolute atomic E-state index is 4.92. The number of hydrogen-bond donors (Lipinski definition) is 1. The predicted octanol–water partition coefficient (Wildman–Crippen LogP) is 3.33. The highest BCUT2D eigenvalue weighted by atomic mass is 32.1. The van der Waals surface area contributed by atoms with Gasteiger partial charge in [0.05, 0.1) is 23.9 Å². The largest absolute Gasteiger partial charge is 0.333 e. The maximum Gasteiger partial charge on any atom is 0.116 e. The van der Waals surface area contributed by atoms with Crippen LogP contribution < -0.4 is 5.32 Å². The molecule has 1 atom stereocenters. The van der Waals surface area contributed by atoms with Crippen LogP contribution in [-0.4, -0.2) is 21.1 Å². The number of nitrogens with one attached hydrogen (secondary N) is 1. The van der Waals surface area contributed by atoms with E-state index in [1.165, 1.54) is 34.1 Å². The summed E-state index contributed by atoms with van der Waals surface area (Å²) in [5, 5.41) is 4.88. The van der Waals surface area contributed by atoms with Gasteiger partial charge in [-0.1, -0.05) is 13.8 Å². The van der Waals surface area contributed by atoms with E-state index in [0.717, 1.165) is 32.4 Å². The smallest absolute Gasteiger partial charge is 0.116 e. The normalized spacial score (nSPS) is 15.3. The molecule has 0 aliphatic heterocycles. The second-order valence-corrected chi connectivity index (χ2v) is 6.79. The van der Waals surface area contributed by atoms with Crippen molar-refractivity contribution in [2.75, 3.05) is 6.54 Å². The summed E-state index contributed by atoms with van der Waals surface area (Å²) in [5.41, 5.74) is 2.58. The molecule has 5 heteroatoms. The minimum Gasteiger partial charge on any atom is -0.333 e. The standard InChI is InChI=1S/C16H24N4S/c1-3-8-18-15(13-10-17-11-20(13)9-4-2)16-19-12-6-5-7-14(12)21-16/h10-11,15,18H,3-9H2,1-2H3. The lowest BCUT2D eigenvalue weighted by Crippen LogP contribution is -2.25. The van der Waals surface area contributed by atoms with Gasteiger partial charge in [0, 0.05) is 11.4 Å². The van der Waals surface area contributed by atoms with Crippen molar-refractivity contribution >= 4 is 11.3 Å². The first-order chi connectivity index (χ1) is 10.3. The van der Waals surface area contributed by atoms with Crippen molar-refractivity contribution in [3.8, 4) is 0 Å². The van der Waals surface area contributed by atoms with Crippen LogP contribution in [0.15, 0.2) is 12.5 Å². The molecule has 1 unspecified atom stereocenters. The van der Waals surface area contributed by atoms with Gasteiger partial charge in [0.25, 0.3) is 0 Å². The number of hydrogen-bond acceptors (Lipinski definition) is 4. The number of rotatable bonds is 7. The van der Waals surface area contributed by atoms with E-state index in [9.17, 15) is 0 Å². The molecular weight excluding hydrogens is 280 g/mol. The molecule has 0 fully saturated rings. The lowest BCUT2D eigenvalue weighted by atomic mass is 10.2.